The van der Waals surface area contributed by atoms with Crippen molar-refractivity contribution in [2.45, 2.75) is 13.3 Å². The smallest absolute Gasteiger partial charge is 0.261 e. The van der Waals surface area contributed by atoms with Gasteiger partial charge in [-0.05, 0) is 36.2 Å². The molecule has 0 heterocycles. The summed E-state index contributed by atoms with van der Waals surface area (Å²) >= 11 is 0. The third-order valence-electron chi connectivity index (χ3n) is 3.33. The van der Waals surface area contributed by atoms with E-state index in [4.69, 9.17) is 5.73 Å². The Hall–Kier alpha value is -2.49. The van der Waals surface area contributed by atoms with Gasteiger partial charge in [-0.2, -0.15) is 0 Å². The van der Waals surface area contributed by atoms with E-state index in [-0.39, 0.29) is 22.9 Å². The van der Waals surface area contributed by atoms with Gasteiger partial charge in [0, 0.05) is 12.7 Å². The Morgan fingerprint density at radius 1 is 1.20 bits per heavy atom. The third kappa shape index (κ3) is 2.59. The molecule has 0 radical (unpaired) electrons. The Morgan fingerprint density at radius 3 is 2.45 bits per heavy atom. The molecule has 2 rings (SSSR count). The van der Waals surface area contributed by atoms with E-state index < -0.39 is 0 Å². The summed E-state index contributed by atoms with van der Waals surface area (Å²) in [6.07, 6.45) is 0.952. The number of nitrogen functional groups attached to an aromatic ring is 1. The first-order chi connectivity index (χ1) is 9.54. The fraction of sp³-hybridized carbons (Fsp3) is 0.188. The molecule has 0 fully saturated rings. The van der Waals surface area contributed by atoms with Crippen LogP contribution >= 0.6 is 0 Å². The summed E-state index contributed by atoms with van der Waals surface area (Å²) in [4.78, 5) is 13.9. The number of para-hydroxylation sites is 1. The highest BCUT2D eigenvalue weighted by atomic mass is 16.3. The van der Waals surface area contributed by atoms with Crippen molar-refractivity contribution in [3.05, 3.63) is 53.6 Å². The van der Waals surface area contributed by atoms with Crippen LogP contribution in [0.25, 0.3) is 0 Å². The van der Waals surface area contributed by atoms with Crippen molar-refractivity contribution in [2.75, 3.05) is 17.7 Å². The maximum Gasteiger partial charge on any atom is 0.261 e. The van der Waals surface area contributed by atoms with Crippen LogP contribution in [0.15, 0.2) is 42.5 Å². The molecule has 0 aliphatic rings. The number of hydrogen-bond donors (Lipinski definition) is 2. The van der Waals surface area contributed by atoms with Gasteiger partial charge in [0.15, 0.2) is 5.75 Å². The molecule has 20 heavy (non-hydrogen) atoms. The van der Waals surface area contributed by atoms with Gasteiger partial charge in [-0.25, -0.2) is 0 Å². The zero-order valence-electron chi connectivity index (χ0n) is 11.6. The van der Waals surface area contributed by atoms with Gasteiger partial charge in [0.25, 0.3) is 5.91 Å². The van der Waals surface area contributed by atoms with E-state index in [9.17, 15) is 9.90 Å². The van der Waals surface area contributed by atoms with Crippen LogP contribution in [0.1, 0.15) is 22.8 Å². The first-order valence-corrected chi connectivity index (χ1v) is 6.49. The third-order valence-corrected chi connectivity index (χ3v) is 3.33. The molecule has 0 spiro atoms. The van der Waals surface area contributed by atoms with Crippen LogP contribution in [0.2, 0.25) is 0 Å². The van der Waals surface area contributed by atoms with Gasteiger partial charge in [-0.3, -0.25) is 4.79 Å². The number of carbonyl (C=O) groups is 1. The van der Waals surface area contributed by atoms with Crippen molar-refractivity contribution >= 4 is 17.3 Å². The largest absolute Gasteiger partial charge is 0.505 e. The van der Waals surface area contributed by atoms with Gasteiger partial charge in [-0.1, -0.05) is 25.1 Å². The van der Waals surface area contributed by atoms with Crippen molar-refractivity contribution in [1.29, 1.82) is 0 Å². The normalized spacial score (nSPS) is 10.3. The van der Waals surface area contributed by atoms with Crippen LogP contribution in [0, 0.1) is 0 Å². The highest BCUT2D eigenvalue weighted by molar-refractivity contribution is 6.08. The molecule has 2 aromatic rings. The van der Waals surface area contributed by atoms with Crippen LogP contribution in [0.5, 0.6) is 5.75 Å². The fourth-order valence-electron chi connectivity index (χ4n) is 1.99. The zero-order valence-corrected chi connectivity index (χ0v) is 11.6. The topological polar surface area (TPSA) is 66.6 Å². The lowest BCUT2D eigenvalue weighted by molar-refractivity contribution is 0.0990. The number of carbonyl (C=O) groups excluding carboxylic acids is 1. The minimum absolute atomic E-state index is 0.172. The molecule has 4 heteroatoms. The van der Waals surface area contributed by atoms with Crippen LogP contribution in [-0.4, -0.2) is 18.1 Å². The number of aryl methyl sites for hydroxylation is 1. The van der Waals surface area contributed by atoms with Gasteiger partial charge in [0.1, 0.15) is 0 Å². The lowest BCUT2D eigenvalue weighted by atomic mass is 10.1. The molecule has 104 valence electrons. The molecule has 0 atom stereocenters. The molecule has 0 bridgehead atoms. The summed E-state index contributed by atoms with van der Waals surface area (Å²) in [7, 11) is 1.67. The second-order valence-corrected chi connectivity index (χ2v) is 4.63. The predicted molar refractivity (Wildman–Crippen MR) is 81.1 cm³/mol. The number of hydrogen-bond acceptors (Lipinski definition) is 3. The number of anilines is 2. The molecule has 0 saturated carbocycles. The minimum atomic E-state index is -0.293. The molecule has 2 aromatic carbocycles. The molecular formula is C16H18N2O2. The monoisotopic (exact) mass is 270 g/mol. The quantitative estimate of drug-likeness (QED) is 0.665. The molecule has 0 aliphatic carbocycles. The minimum Gasteiger partial charge on any atom is -0.505 e. The highest BCUT2D eigenvalue weighted by Gasteiger charge is 2.18. The van der Waals surface area contributed by atoms with Gasteiger partial charge >= 0.3 is 0 Å². The highest BCUT2D eigenvalue weighted by Crippen LogP contribution is 2.27. The van der Waals surface area contributed by atoms with E-state index >= 15 is 0 Å². The van der Waals surface area contributed by atoms with E-state index in [0.29, 0.717) is 0 Å². The van der Waals surface area contributed by atoms with E-state index in [2.05, 4.69) is 6.92 Å². The first-order valence-electron chi connectivity index (χ1n) is 6.49. The van der Waals surface area contributed by atoms with Gasteiger partial charge in [0.2, 0.25) is 0 Å². The summed E-state index contributed by atoms with van der Waals surface area (Å²) in [5.74, 6) is -0.464. The number of nitrogens with two attached hydrogens (primary N) is 1. The maximum atomic E-state index is 12.4. The van der Waals surface area contributed by atoms with Crippen molar-refractivity contribution < 1.29 is 9.90 Å². The number of aromatic hydroxyl groups is 1. The Bertz CT molecular complexity index is 621. The number of amides is 1. The Balaban J connectivity index is 2.29. The molecule has 4 nitrogen and oxygen atoms in total. The van der Waals surface area contributed by atoms with E-state index in [1.54, 1.807) is 25.2 Å². The van der Waals surface area contributed by atoms with Gasteiger partial charge < -0.3 is 15.7 Å². The van der Waals surface area contributed by atoms with E-state index in [0.717, 1.165) is 12.1 Å². The predicted octanol–water partition coefficient (Wildman–Crippen LogP) is 2.81. The first kappa shape index (κ1) is 13.9. The fourth-order valence-corrected chi connectivity index (χ4v) is 1.99. The molecular weight excluding hydrogens is 252 g/mol. The second-order valence-electron chi connectivity index (χ2n) is 4.63. The number of rotatable bonds is 3. The molecule has 0 aliphatic heterocycles. The standard InChI is InChI=1S/C16H18N2O2/c1-3-11-7-9-12(10-8-11)18(2)16(20)13-5-4-6-14(17)15(13)19/h4-10,19H,3,17H2,1-2H3. The average molecular weight is 270 g/mol. The van der Waals surface area contributed by atoms with E-state index in [1.165, 1.54) is 10.5 Å². The van der Waals surface area contributed by atoms with Crippen molar-refractivity contribution in [1.82, 2.24) is 0 Å². The van der Waals surface area contributed by atoms with Crippen molar-refractivity contribution in [2.24, 2.45) is 0 Å². The zero-order chi connectivity index (χ0) is 14.7. The van der Waals surface area contributed by atoms with E-state index in [1.807, 2.05) is 24.3 Å². The molecule has 3 N–H and O–H groups in total. The van der Waals surface area contributed by atoms with Crippen LogP contribution in [0.3, 0.4) is 0 Å². The van der Waals surface area contributed by atoms with Crippen molar-refractivity contribution in [3.63, 3.8) is 0 Å². The van der Waals surface area contributed by atoms with Crippen molar-refractivity contribution in [3.8, 4) is 5.75 Å². The summed E-state index contributed by atoms with van der Waals surface area (Å²) in [6, 6.07) is 12.5. The van der Waals surface area contributed by atoms with Crippen LogP contribution < -0.4 is 10.6 Å². The SMILES string of the molecule is CCc1ccc(N(C)C(=O)c2cccc(N)c2O)cc1. The summed E-state index contributed by atoms with van der Waals surface area (Å²) in [6.45, 7) is 2.08. The molecule has 0 saturated heterocycles. The summed E-state index contributed by atoms with van der Waals surface area (Å²) in [5.41, 5.74) is 8.00. The second kappa shape index (κ2) is 5.65. The lowest BCUT2D eigenvalue weighted by Gasteiger charge is -2.18. The number of nitrogens with zero attached hydrogens (tertiary/aromatic N) is 1. The van der Waals surface area contributed by atoms with Gasteiger partial charge in [0.05, 0.1) is 11.3 Å². The average Bonchev–Trinajstić information content (AvgIpc) is 2.48. The lowest BCUT2D eigenvalue weighted by Crippen LogP contribution is -2.26. The van der Waals surface area contributed by atoms with Crippen LogP contribution in [0.4, 0.5) is 11.4 Å². The van der Waals surface area contributed by atoms with Crippen LogP contribution in [-0.2, 0) is 6.42 Å². The van der Waals surface area contributed by atoms with Gasteiger partial charge in [-0.15, -0.1) is 0 Å². The molecule has 1 amide bonds. The molecule has 0 aromatic heterocycles. The Labute approximate surface area is 118 Å². The maximum absolute atomic E-state index is 12.4. The Kier molecular flexibility index (Phi) is 3.94. The number of phenolic OH excluding ortho intramolecular Hbond substituents is 1. The number of phenols is 1. The molecule has 0 unspecified atom stereocenters. The summed E-state index contributed by atoms with van der Waals surface area (Å²) < 4.78 is 0. The number of benzene rings is 2. The Morgan fingerprint density at radius 2 is 1.85 bits per heavy atom. The summed E-state index contributed by atoms with van der Waals surface area (Å²) in [5, 5.41) is 9.87.